The summed E-state index contributed by atoms with van der Waals surface area (Å²) in [5, 5.41) is 3.91. The van der Waals surface area contributed by atoms with Gasteiger partial charge in [-0.15, -0.1) is 0 Å². The number of fused-ring (bicyclic) bond motifs is 1. The molecule has 1 fully saturated rings. The highest BCUT2D eigenvalue weighted by Crippen LogP contribution is 2.36. The third kappa shape index (κ3) is 7.28. The first kappa shape index (κ1) is 28.7. The van der Waals surface area contributed by atoms with Crippen LogP contribution in [-0.2, 0) is 22.9 Å². The van der Waals surface area contributed by atoms with E-state index in [1.54, 1.807) is 13.2 Å². The molecule has 3 aromatic rings. The molecule has 1 saturated carbocycles. The first-order chi connectivity index (χ1) is 19.4. The van der Waals surface area contributed by atoms with Gasteiger partial charge in [-0.05, 0) is 123 Å². The van der Waals surface area contributed by atoms with E-state index in [0.29, 0.717) is 24.4 Å². The Hall–Kier alpha value is -2.81. The molecular weight excluding hydrogens is 525 g/mol. The number of nitrogens with zero attached hydrogens (tertiary/aromatic N) is 1. The van der Waals surface area contributed by atoms with Gasteiger partial charge in [-0.3, -0.25) is 4.98 Å². The SMILES string of the molecule is COc1ccc2c(c1)CCC(NCC1CCC(CNS(=O)(=O)c3ccccc3F)CC1)CC2Cc1cccnc1. The predicted octanol–water partition coefficient (Wildman–Crippen LogP) is 5.64. The Morgan fingerprint density at radius 3 is 2.48 bits per heavy atom. The Kier molecular flexibility index (Phi) is 9.50. The molecule has 214 valence electrons. The number of aryl methyl sites for hydroxylation is 1. The van der Waals surface area contributed by atoms with Gasteiger partial charge in [0, 0.05) is 25.0 Å². The van der Waals surface area contributed by atoms with Crippen LogP contribution in [-0.4, -0.2) is 39.6 Å². The second kappa shape index (κ2) is 13.2. The number of ether oxygens (including phenoxy) is 1. The van der Waals surface area contributed by atoms with Crippen LogP contribution in [0.1, 0.15) is 61.1 Å². The zero-order valence-electron chi connectivity index (χ0n) is 23.2. The molecule has 2 aliphatic rings. The molecule has 0 spiro atoms. The van der Waals surface area contributed by atoms with Crippen molar-refractivity contribution < 1.29 is 17.5 Å². The summed E-state index contributed by atoms with van der Waals surface area (Å²) >= 11 is 0. The van der Waals surface area contributed by atoms with Crippen LogP contribution < -0.4 is 14.8 Å². The molecule has 0 amide bonds. The van der Waals surface area contributed by atoms with E-state index in [1.165, 1.54) is 34.9 Å². The summed E-state index contributed by atoms with van der Waals surface area (Å²) in [4.78, 5) is 4.06. The average Bonchev–Trinajstić information content (AvgIpc) is 3.15. The van der Waals surface area contributed by atoms with Gasteiger partial charge in [0.1, 0.15) is 16.5 Å². The lowest BCUT2D eigenvalue weighted by Crippen LogP contribution is -2.37. The number of benzene rings is 2. The molecule has 40 heavy (non-hydrogen) atoms. The van der Waals surface area contributed by atoms with Crippen LogP contribution in [0, 0.1) is 17.7 Å². The number of halogens is 1. The van der Waals surface area contributed by atoms with Crippen LogP contribution in [0.2, 0.25) is 0 Å². The topological polar surface area (TPSA) is 80.3 Å². The zero-order chi connectivity index (χ0) is 28.0. The molecule has 1 aromatic heterocycles. The van der Waals surface area contributed by atoms with Crippen molar-refractivity contribution in [3.63, 3.8) is 0 Å². The van der Waals surface area contributed by atoms with Gasteiger partial charge in [-0.25, -0.2) is 17.5 Å². The lowest BCUT2D eigenvalue weighted by atomic mass is 9.82. The summed E-state index contributed by atoms with van der Waals surface area (Å²) in [6.45, 7) is 1.34. The highest BCUT2D eigenvalue weighted by atomic mass is 32.2. The molecular formula is C32H40FN3O3S. The lowest BCUT2D eigenvalue weighted by Gasteiger charge is -2.30. The van der Waals surface area contributed by atoms with Gasteiger partial charge < -0.3 is 10.1 Å². The highest BCUT2D eigenvalue weighted by molar-refractivity contribution is 7.89. The molecule has 6 nitrogen and oxygen atoms in total. The molecule has 5 rings (SSSR count). The van der Waals surface area contributed by atoms with Crippen molar-refractivity contribution in [2.24, 2.45) is 11.8 Å². The van der Waals surface area contributed by atoms with Gasteiger partial charge in [0.2, 0.25) is 10.0 Å². The van der Waals surface area contributed by atoms with Crippen LogP contribution in [0.5, 0.6) is 5.75 Å². The van der Waals surface area contributed by atoms with Crippen molar-refractivity contribution in [3.8, 4) is 5.75 Å². The minimum atomic E-state index is -3.84. The van der Waals surface area contributed by atoms with Crippen molar-refractivity contribution in [2.45, 2.75) is 68.2 Å². The number of methoxy groups -OCH3 is 1. The van der Waals surface area contributed by atoms with Gasteiger partial charge in [0.25, 0.3) is 0 Å². The fourth-order valence-corrected chi connectivity index (χ4v) is 7.56. The maximum Gasteiger partial charge on any atom is 0.243 e. The fraction of sp³-hybridized carbons (Fsp3) is 0.469. The van der Waals surface area contributed by atoms with Gasteiger partial charge in [0.15, 0.2) is 0 Å². The molecule has 2 aliphatic carbocycles. The Bertz CT molecular complexity index is 1360. The molecule has 0 saturated heterocycles. The third-order valence-electron chi connectivity index (χ3n) is 8.68. The van der Waals surface area contributed by atoms with Crippen LogP contribution in [0.25, 0.3) is 0 Å². The van der Waals surface area contributed by atoms with E-state index >= 15 is 0 Å². The van der Waals surface area contributed by atoms with Gasteiger partial charge in [-0.1, -0.05) is 24.3 Å². The summed E-state index contributed by atoms with van der Waals surface area (Å²) in [6, 6.07) is 16.7. The molecule has 8 heteroatoms. The lowest BCUT2D eigenvalue weighted by molar-refractivity contribution is 0.257. The summed E-state index contributed by atoms with van der Waals surface area (Å²) in [5.41, 5.74) is 4.07. The number of pyridine rings is 1. The molecule has 2 N–H and O–H groups in total. The van der Waals surface area contributed by atoms with Crippen molar-refractivity contribution in [3.05, 3.63) is 89.5 Å². The molecule has 0 bridgehead atoms. The van der Waals surface area contributed by atoms with Crippen LogP contribution >= 0.6 is 0 Å². The Morgan fingerprint density at radius 2 is 1.75 bits per heavy atom. The van der Waals surface area contributed by atoms with E-state index in [0.717, 1.165) is 63.7 Å². The van der Waals surface area contributed by atoms with Crippen LogP contribution in [0.3, 0.4) is 0 Å². The molecule has 2 aromatic carbocycles. The van der Waals surface area contributed by atoms with Crippen LogP contribution in [0.4, 0.5) is 4.39 Å². The Morgan fingerprint density at radius 1 is 0.975 bits per heavy atom. The van der Waals surface area contributed by atoms with Crippen molar-refractivity contribution >= 4 is 10.0 Å². The number of hydrogen-bond acceptors (Lipinski definition) is 5. The summed E-state index contributed by atoms with van der Waals surface area (Å²) in [5.74, 6) is 1.49. The average molecular weight is 566 g/mol. The number of hydrogen-bond donors (Lipinski definition) is 2. The number of aromatic nitrogens is 1. The smallest absolute Gasteiger partial charge is 0.243 e. The van der Waals surface area contributed by atoms with Gasteiger partial charge >= 0.3 is 0 Å². The molecule has 0 radical (unpaired) electrons. The molecule has 1 heterocycles. The third-order valence-corrected chi connectivity index (χ3v) is 10.1. The van der Waals surface area contributed by atoms with Crippen molar-refractivity contribution in [1.82, 2.24) is 15.0 Å². The first-order valence-corrected chi connectivity index (χ1v) is 15.9. The molecule has 2 atom stereocenters. The van der Waals surface area contributed by atoms with E-state index in [1.807, 2.05) is 18.5 Å². The van der Waals surface area contributed by atoms with E-state index < -0.39 is 15.8 Å². The fourth-order valence-electron chi connectivity index (χ4n) is 6.36. The zero-order valence-corrected chi connectivity index (χ0v) is 24.0. The largest absolute Gasteiger partial charge is 0.497 e. The maximum atomic E-state index is 14.0. The normalized spacial score (nSPS) is 23.2. The second-order valence-electron chi connectivity index (χ2n) is 11.4. The number of nitrogens with one attached hydrogen (secondary N) is 2. The first-order valence-electron chi connectivity index (χ1n) is 14.4. The van der Waals surface area contributed by atoms with E-state index in [9.17, 15) is 12.8 Å². The van der Waals surface area contributed by atoms with Crippen LogP contribution in [0.15, 0.2) is 71.9 Å². The standard InChI is InChI=1S/C32H40FN3O3S/c1-39-29-14-15-30-26(19-29)12-13-28(18-27(30)17-25-5-4-16-34-20-25)35-21-23-8-10-24(11-9-23)22-36-40(37,38)32-7-3-2-6-31(32)33/h2-7,14-16,19-20,23-24,27-28,35-36H,8-13,17-18,21-22H2,1H3. The second-order valence-corrected chi connectivity index (χ2v) is 13.1. The minimum Gasteiger partial charge on any atom is -0.497 e. The minimum absolute atomic E-state index is 0.279. The molecule has 0 aliphatic heterocycles. The Labute approximate surface area is 237 Å². The quantitative estimate of drug-likeness (QED) is 0.311. The highest BCUT2D eigenvalue weighted by Gasteiger charge is 2.28. The predicted molar refractivity (Wildman–Crippen MR) is 155 cm³/mol. The Balaban J connectivity index is 1.13. The van der Waals surface area contributed by atoms with Gasteiger partial charge in [-0.2, -0.15) is 0 Å². The number of sulfonamides is 1. The van der Waals surface area contributed by atoms with Crippen molar-refractivity contribution in [1.29, 1.82) is 0 Å². The van der Waals surface area contributed by atoms with Gasteiger partial charge in [0.05, 0.1) is 7.11 Å². The monoisotopic (exact) mass is 565 g/mol. The maximum absolute atomic E-state index is 14.0. The van der Waals surface area contributed by atoms with E-state index in [4.69, 9.17) is 4.74 Å². The summed E-state index contributed by atoms with van der Waals surface area (Å²) < 4.78 is 47.2. The summed E-state index contributed by atoms with van der Waals surface area (Å²) in [7, 11) is -2.11. The van der Waals surface area contributed by atoms with E-state index in [2.05, 4.69) is 39.3 Å². The molecule has 2 unspecified atom stereocenters. The van der Waals surface area contributed by atoms with Crippen molar-refractivity contribution in [2.75, 3.05) is 20.2 Å². The summed E-state index contributed by atoms with van der Waals surface area (Å²) in [6.07, 6.45) is 12.1. The number of rotatable bonds is 10. The van der Waals surface area contributed by atoms with E-state index in [-0.39, 0.29) is 10.8 Å².